The van der Waals surface area contributed by atoms with Gasteiger partial charge in [-0.2, -0.15) is 5.10 Å². The molecule has 4 nitrogen and oxygen atoms in total. The summed E-state index contributed by atoms with van der Waals surface area (Å²) in [4.78, 5) is 11.2. The van der Waals surface area contributed by atoms with Crippen molar-refractivity contribution >= 4 is 5.91 Å². The Morgan fingerprint density at radius 3 is 2.93 bits per heavy atom. The van der Waals surface area contributed by atoms with Crippen molar-refractivity contribution in [3.63, 3.8) is 0 Å². The minimum atomic E-state index is 0.118. The van der Waals surface area contributed by atoms with Gasteiger partial charge in [0.05, 0.1) is 6.54 Å². The van der Waals surface area contributed by atoms with E-state index in [-0.39, 0.29) is 5.91 Å². The van der Waals surface area contributed by atoms with Crippen LogP contribution in [0, 0.1) is 5.92 Å². The lowest BCUT2D eigenvalue weighted by atomic mass is 10.1. The van der Waals surface area contributed by atoms with Crippen molar-refractivity contribution in [3.8, 4) is 0 Å². The second kappa shape index (κ2) is 5.42. The van der Waals surface area contributed by atoms with Crippen LogP contribution in [0.3, 0.4) is 0 Å². The molecule has 0 atom stereocenters. The molecule has 0 aliphatic heterocycles. The Balaban J connectivity index is 2.12. The van der Waals surface area contributed by atoms with E-state index in [1.807, 2.05) is 26.1 Å². The summed E-state index contributed by atoms with van der Waals surface area (Å²) in [5.41, 5.74) is 0. The molecule has 0 saturated carbocycles. The van der Waals surface area contributed by atoms with E-state index in [1.165, 1.54) is 0 Å². The van der Waals surface area contributed by atoms with Gasteiger partial charge in [0, 0.05) is 25.4 Å². The van der Waals surface area contributed by atoms with E-state index in [1.54, 1.807) is 10.9 Å². The van der Waals surface area contributed by atoms with Crippen molar-refractivity contribution in [1.82, 2.24) is 15.1 Å². The number of carbonyl (C=O) groups is 1. The number of nitrogens with zero attached hydrogens (tertiary/aromatic N) is 2. The van der Waals surface area contributed by atoms with Gasteiger partial charge in [-0.1, -0.05) is 13.8 Å². The van der Waals surface area contributed by atoms with Gasteiger partial charge in [0.2, 0.25) is 5.91 Å². The number of carbonyl (C=O) groups excluding carboxylic acids is 1. The lowest BCUT2D eigenvalue weighted by Crippen LogP contribution is -2.28. The SMILES string of the molecule is CC(C)CC(=O)NCCn1cccn1. The van der Waals surface area contributed by atoms with Crippen molar-refractivity contribution in [2.45, 2.75) is 26.8 Å². The molecule has 0 spiro atoms. The van der Waals surface area contributed by atoms with E-state index in [2.05, 4.69) is 10.4 Å². The Labute approximate surface area is 84.3 Å². The summed E-state index contributed by atoms with van der Waals surface area (Å²) in [5.74, 6) is 0.534. The summed E-state index contributed by atoms with van der Waals surface area (Å²) >= 11 is 0. The maximum absolute atomic E-state index is 11.2. The highest BCUT2D eigenvalue weighted by Gasteiger charge is 2.03. The summed E-state index contributed by atoms with van der Waals surface area (Å²) < 4.78 is 1.80. The molecule has 1 aromatic heterocycles. The molecule has 0 unspecified atom stereocenters. The molecule has 0 aromatic carbocycles. The monoisotopic (exact) mass is 195 g/mol. The Hall–Kier alpha value is -1.32. The molecule has 0 aliphatic carbocycles. The molecule has 1 amide bonds. The van der Waals surface area contributed by atoms with E-state index in [0.29, 0.717) is 18.9 Å². The van der Waals surface area contributed by atoms with Gasteiger partial charge in [0.1, 0.15) is 0 Å². The molecule has 78 valence electrons. The fourth-order valence-electron chi connectivity index (χ4n) is 1.19. The molecule has 1 aromatic rings. The summed E-state index contributed by atoms with van der Waals surface area (Å²) in [6.07, 6.45) is 4.21. The third kappa shape index (κ3) is 4.07. The molecular weight excluding hydrogens is 178 g/mol. The molecule has 0 saturated heterocycles. The second-order valence-electron chi connectivity index (χ2n) is 3.72. The first-order valence-electron chi connectivity index (χ1n) is 4.92. The predicted octanol–water partition coefficient (Wildman–Crippen LogP) is 1.05. The minimum absolute atomic E-state index is 0.118. The van der Waals surface area contributed by atoms with Crippen molar-refractivity contribution in [3.05, 3.63) is 18.5 Å². The summed E-state index contributed by atoms with van der Waals surface area (Å²) in [6, 6.07) is 1.87. The van der Waals surface area contributed by atoms with E-state index in [0.717, 1.165) is 6.54 Å². The molecule has 1 rings (SSSR count). The minimum Gasteiger partial charge on any atom is -0.354 e. The number of amides is 1. The Kier molecular flexibility index (Phi) is 4.16. The molecular formula is C10H17N3O. The van der Waals surface area contributed by atoms with Gasteiger partial charge in [0.15, 0.2) is 0 Å². The largest absolute Gasteiger partial charge is 0.354 e. The normalized spacial score (nSPS) is 10.5. The number of aromatic nitrogens is 2. The van der Waals surface area contributed by atoms with Crippen molar-refractivity contribution in [2.75, 3.05) is 6.54 Å². The Bertz CT molecular complexity index is 267. The summed E-state index contributed by atoms with van der Waals surface area (Å²) in [6.45, 7) is 5.45. The molecule has 1 N–H and O–H groups in total. The van der Waals surface area contributed by atoms with Gasteiger partial charge in [0.25, 0.3) is 0 Å². The van der Waals surface area contributed by atoms with E-state index >= 15 is 0 Å². The molecule has 0 aliphatic rings. The summed E-state index contributed by atoms with van der Waals surface area (Å²) in [7, 11) is 0. The molecule has 0 radical (unpaired) electrons. The van der Waals surface area contributed by atoms with Crippen LogP contribution >= 0.6 is 0 Å². The highest BCUT2D eigenvalue weighted by molar-refractivity contribution is 5.75. The number of rotatable bonds is 5. The fraction of sp³-hybridized carbons (Fsp3) is 0.600. The van der Waals surface area contributed by atoms with Crippen LogP contribution in [0.5, 0.6) is 0 Å². The highest BCUT2D eigenvalue weighted by Crippen LogP contribution is 1.97. The smallest absolute Gasteiger partial charge is 0.220 e. The molecule has 1 heterocycles. The van der Waals surface area contributed by atoms with Crippen LogP contribution in [0.4, 0.5) is 0 Å². The van der Waals surface area contributed by atoms with Gasteiger partial charge in [-0.3, -0.25) is 9.48 Å². The number of nitrogens with one attached hydrogen (secondary N) is 1. The predicted molar refractivity (Wildman–Crippen MR) is 54.7 cm³/mol. The average Bonchev–Trinajstić information content (AvgIpc) is 2.55. The Morgan fingerprint density at radius 2 is 2.36 bits per heavy atom. The van der Waals surface area contributed by atoms with E-state index in [9.17, 15) is 4.79 Å². The maximum Gasteiger partial charge on any atom is 0.220 e. The van der Waals surface area contributed by atoms with Gasteiger partial charge in [-0.25, -0.2) is 0 Å². The second-order valence-corrected chi connectivity index (χ2v) is 3.72. The lowest BCUT2D eigenvalue weighted by molar-refractivity contribution is -0.121. The van der Waals surface area contributed by atoms with Crippen LogP contribution in [0.2, 0.25) is 0 Å². The molecule has 0 fully saturated rings. The molecule has 14 heavy (non-hydrogen) atoms. The van der Waals surface area contributed by atoms with Crippen molar-refractivity contribution in [1.29, 1.82) is 0 Å². The van der Waals surface area contributed by atoms with Gasteiger partial charge >= 0.3 is 0 Å². The quantitative estimate of drug-likeness (QED) is 0.763. The van der Waals surface area contributed by atoms with Crippen LogP contribution in [-0.4, -0.2) is 22.2 Å². The third-order valence-corrected chi connectivity index (χ3v) is 1.82. The highest BCUT2D eigenvalue weighted by atomic mass is 16.1. The lowest BCUT2D eigenvalue weighted by Gasteiger charge is -2.06. The standard InChI is InChI=1S/C10H17N3O/c1-9(2)8-10(14)11-5-7-13-6-3-4-12-13/h3-4,6,9H,5,7-8H2,1-2H3,(H,11,14). The average molecular weight is 195 g/mol. The number of hydrogen-bond acceptors (Lipinski definition) is 2. The van der Waals surface area contributed by atoms with Gasteiger partial charge in [-0.05, 0) is 12.0 Å². The Morgan fingerprint density at radius 1 is 1.57 bits per heavy atom. The zero-order valence-corrected chi connectivity index (χ0v) is 8.73. The third-order valence-electron chi connectivity index (χ3n) is 1.82. The van der Waals surface area contributed by atoms with Crippen molar-refractivity contribution < 1.29 is 4.79 Å². The maximum atomic E-state index is 11.2. The van der Waals surface area contributed by atoms with Gasteiger partial charge in [-0.15, -0.1) is 0 Å². The van der Waals surface area contributed by atoms with E-state index < -0.39 is 0 Å². The summed E-state index contributed by atoms with van der Waals surface area (Å²) in [5, 5.41) is 6.89. The topological polar surface area (TPSA) is 46.9 Å². The molecule has 4 heteroatoms. The van der Waals surface area contributed by atoms with Crippen LogP contribution in [0.25, 0.3) is 0 Å². The zero-order valence-electron chi connectivity index (χ0n) is 8.73. The zero-order chi connectivity index (χ0) is 10.4. The van der Waals surface area contributed by atoms with Crippen molar-refractivity contribution in [2.24, 2.45) is 5.92 Å². The van der Waals surface area contributed by atoms with Crippen LogP contribution in [-0.2, 0) is 11.3 Å². The van der Waals surface area contributed by atoms with E-state index in [4.69, 9.17) is 0 Å². The first kappa shape index (κ1) is 10.8. The molecule has 0 bridgehead atoms. The van der Waals surface area contributed by atoms with Crippen LogP contribution in [0.1, 0.15) is 20.3 Å². The first-order chi connectivity index (χ1) is 6.68. The van der Waals surface area contributed by atoms with Gasteiger partial charge < -0.3 is 5.32 Å². The first-order valence-corrected chi connectivity index (χ1v) is 4.92. The number of hydrogen-bond donors (Lipinski definition) is 1. The fourth-order valence-corrected chi connectivity index (χ4v) is 1.19. The van der Waals surface area contributed by atoms with Crippen LogP contribution < -0.4 is 5.32 Å². The van der Waals surface area contributed by atoms with Crippen LogP contribution in [0.15, 0.2) is 18.5 Å².